The number of para-hydroxylation sites is 1. The Kier molecular flexibility index (Phi) is 6.58. The van der Waals surface area contributed by atoms with Gasteiger partial charge in [0.25, 0.3) is 5.91 Å². The van der Waals surface area contributed by atoms with Crippen LogP contribution >= 0.6 is 22.9 Å². The van der Waals surface area contributed by atoms with Crippen molar-refractivity contribution < 1.29 is 18.3 Å². The molecule has 0 unspecified atom stereocenters. The van der Waals surface area contributed by atoms with Crippen LogP contribution in [-0.4, -0.2) is 55.2 Å². The molecule has 1 saturated heterocycles. The fraction of sp³-hybridized carbons (Fsp3) is 0.333. The highest BCUT2D eigenvalue weighted by Gasteiger charge is 2.24. The van der Waals surface area contributed by atoms with Crippen molar-refractivity contribution in [3.8, 4) is 0 Å². The predicted octanol–water partition coefficient (Wildman–Crippen LogP) is 4.60. The average molecular weight is 452 g/mol. The van der Waals surface area contributed by atoms with Crippen LogP contribution < -0.4 is 4.90 Å². The molecule has 0 saturated carbocycles. The van der Waals surface area contributed by atoms with Crippen molar-refractivity contribution in [1.29, 1.82) is 0 Å². The Balaban J connectivity index is 1.61. The molecule has 30 heavy (non-hydrogen) atoms. The molecule has 0 atom stereocenters. The Bertz CT molecular complexity index is 1060. The van der Waals surface area contributed by atoms with Gasteiger partial charge < -0.3 is 4.74 Å². The van der Waals surface area contributed by atoms with Crippen LogP contribution in [0.1, 0.15) is 16.8 Å². The summed E-state index contributed by atoms with van der Waals surface area (Å²) in [6.07, 6.45) is 0.679. The second-order valence-corrected chi connectivity index (χ2v) is 8.39. The SMILES string of the molecule is O=C(c1ccc(F)cc1F)N(CCCN1CCOCC1)c1nc2c(Cl)cccc2s1. The molecule has 4 rings (SSSR count). The number of rotatable bonds is 6. The van der Waals surface area contributed by atoms with Gasteiger partial charge in [0.15, 0.2) is 5.13 Å². The summed E-state index contributed by atoms with van der Waals surface area (Å²) >= 11 is 7.56. The number of amides is 1. The number of hydrogen-bond acceptors (Lipinski definition) is 5. The van der Waals surface area contributed by atoms with Gasteiger partial charge in [-0.2, -0.15) is 0 Å². The van der Waals surface area contributed by atoms with Gasteiger partial charge in [-0.05, 0) is 30.7 Å². The van der Waals surface area contributed by atoms with Crippen LogP contribution in [0.2, 0.25) is 5.02 Å². The van der Waals surface area contributed by atoms with Crippen LogP contribution in [0.5, 0.6) is 0 Å². The second-order valence-electron chi connectivity index (χ2n) is 6.97. The van der Waals surface area contributed by atoms with E-state index in [0.717, 1.165) is 30.4 Å². The standard InChI is InChI=1S/C21H20ClF2N3O2S/c22-16-3-1-4-18-19(16)25-21(30-18)27(8-2-7-26-9-11-29-12-10-26)20(28)15-6-5-14(23)13-17(15)24/h1,3-6,13H,2,7-12H2. The molecule has 2 heterocycles. The number of carbonyl (C=O) groups excluding carboxylic acids is 1. The van der Waals surface area contributed by atoms with E-state index >= 15 is 0 Å². The number of nitrogens with zero attached hydrogens (tertiary/aromatic N) is 3. The van der Waals surface area contributed by atoms with Crippen LogP contribution in [0, 0.1) is 11.6 Å². The number of morpholine rings is 1. The lowest BCUT2D eigenvalue weighted by Gasteiger charge is -2.27. The number of anilines is 1. The van der Waals surface area contributed by atoms with Gasteiger partial charge in [-0.25, -0.2) is 13.8 Å². The van der Waals surface area contributed by atoms with E-state index in [2.05, 4.69) is 9.88 Å². The Hall–Kier alpha value is -2.13. The molecule has 2 aromatic carbocycles. The molecule has 9 heteroatoms. The Morgan fingerprint density at radius 3 is 2.77 bits per heavy atom. The first-order valence-corrected chi connectivity index (χ1v) is 10.8. The summed E-state index contributed by atoms with van der Waals surface area (Å²) in [6, 6.07) is 8.39. The molecule has 1 aromatic heterocycles. The quantitative estimate of drug-likeness (QED) is 0.549. The number of ether oxygens (including phenoxy) is 1. The van der Waals surface area contributed by atoms with E-state index < -0.39 is 17.5 Å². The first-order valence-electron chi connectivity index (χ1n) is 9.65. The Morgan fingerprint density at radius 1 is 1.23 bits per heavy atom. The number of fused-ring (bicyclic) bond motifs is 1. The molecule has 0 N–H and O–H groups in total. The Labute approximate surface area is 181 Å². The third-order valence-electron chi connectivity index (χ3n) is 4.96. The number of hydrogen-bond donors (Lipinski definition) is 0. The van der Waals surface area contributed by atoms with E-state index in [1.165, 1.54) is 22.3 Å². The summed E-state index contributed by atoms with van der Waals surface area (Å²) in [4.78, 5) is 21.4. The monoisotopic (exact) mass is 451 g/mol. The van der Waals surface area contributed by atoms with Crippen LogP contribution in [0.3, 0.4) is 0 Å². The van der Waals surface area contributed by atoms with Gasteiger partial charge >= 0.3 is 0 Å². The second kappa shape index (κ2) is 9.34. The molecule has 1 amide bonds. The van der Waals surface area contributed by atoms with Crippen LogP contribution in [0.15, 0.2) is 36.4 Å². The minimum absolute atomic E-state index is 0.187. The smallest absolute Gasteiger partial charge is 0.263 e. The van der Waals surface area contributed by atoms with Gasteiger partial charge in [-0.3, -0.25) is 14.6 Å². The van der Waals surface area contributed by atoms with Crippen LogP contribution in [0.4, 0.5) is 13.9 Å². The number of thiazole rings is 1. The van der Waals surface area contributed by atoms with E-state index in [-0.39, 0.29) is 5.56 Å². The lowest BCUT2D eigenvalue weighted by Crippen LogP contribution is -2.39. The van der Waals surface area contributed by atoms with E-state index in [9.17, 15) is 13.6 Å². The van der Waals surface area contributed by atoms with Crippen molar-refractivity contribution in [2.24, 2.45) is 0 Å². The number of benzene rings is 2. The molecule has 158 valence electrons. The zero-order valence-electron chi connectivity index (χ0n) is 16.1. The minimum atomic E-state index is -0.891. The Morgan fingerprint density at radius 2 is 2.03 bits per heavy atom. The normalized spacial score (nSPS) is 14.9. The maximum Gasteiger partial charge on any atom is 0.263 e. The van der Waals surface area contributed by atoms with E-state index in [0.29, 0.717) is 47.9 Å². The van der Waals surface area contributed by atoms with E-state index in [1.54, 1.807) is 6.07 Å². The molecule has 1 fully saturated rings. The van der Waals surface area contributed by atoms with Crippen molar-refractivity contribution in [1.82, 2.24) is 9.88 Å². The lowest BCUT2D eigenvalue weighted by atomic mass is 10.1. The summed E-state index contributed by atoms with van der Waals surface area (Å²) in [7, 11) is 0. The minimum Gasteiger partial charge on any atom is -0.379 e. The molecular weight excluding hydrogens is 432 g/mol. The zero-order valence-corrected chi connectivity index (χ0v) is 17.7. The highest BCUT2D eigenvalue weighted by Crippen LogP contribution is 2.33. The molecule has 3 aromatic rings. The van der Waals surface area contributed by atoms with Gasteiger partial charge in [-0.1, -0.05) is 29.0 Å². The molecule has 0 spiro atoms. The van der Waals surface area contributed by atoms with Gasteiger partial charge in [0, 0.05) is 32.2 Å². The maximum absolute atomic E-state index is 14.3. The fourth-order valence-corrected chi connectivity index (χ4v) is 4.68. The molecule has 5 nitrogen and oxygen atoms in total. The summed E-state index contributed by atoms with van der Waals surface area (Å²) in [6.45, 7) is 4.21. The molecule has 0 bridgehead atoms. The highest BCUT2D eigenvalue weighted by molar-refractivity contribution is 7.22. The van der Waals surface area contributed by atoms with Gasteiger partial charge in [0.05, 0.1) is 28.5 Å². The third-order valence-corrected chi connectivity index (χ3v) is 6.30. The van der Waals surface area contributed by atoms with E-state index in [4.69, 9.17) is 16.3 Å². The molecule has 0 radical (unpaired) electrons. The maximum atomic E-state index is 14.3. The van der Waals surface area contributed by atoms with Crippen LogP contribution in [0.25, 0.3) is 10.2 Å². The number of aromatic nitrogens is 1. The third kappa shape index (κ3) is 4.62. The lowest BCUT2D eigenvalue weighted by molar-refractivity contribution is 0.0376. The predicted molar refractivity (Wildman–Crippen MR) is 115 cm³/mol. The fourth-order valence-electron chi connectivity index (χ4n) is 3.39. The van der Waals surface area contributed by atoms with Gasteiger partial charge in [-0.15, -0.1) is 0 Å². The van der Waals surface area contributed by atoms with E-state index in [1.807, 2.05) is 12.1 Å². The molecule has 1 aliphatic heterocycles. The largest absolute Gasteiger partial charge is 0.379 e. The van der Waals surface area contributed by atoms with Gasteiger partial charge in [0.2, 0.25) is 0 Å². The highest BCUT2D eigenvalue weighted by atomic mass is 35.5. The van der Waals surface area contributed by atoms with Gasteiger partial charge in [0.1, 0.15) is 17.2 Å². The van der Waals surface area contributed by atoms with Crippen molar-refractivity contribution in [2.45, 2.75) is 6.42 Å². The zero-order chi connectivity index (χ0) is 21.1. The topological polar surface area (TPSA) is 45.7 Å². The molecule has 0 aliphatic carbocycles. The number of carbonyl (C=O) groups is 1. The van der Waals surface area contributed by atoms with Crippen molar-refractivity contribution in [2.75, 3.05) is 44.3 Å². The summed E-state index contributed by atoms with van der Waals surface area (Å²) in [5.41, 5.74) is 0.415. The van der Waals surface area contributed by atoms with Crippen LogP contribution in [-0.2, 0) is 4.74 Å². The van der Waals surface area contributed by atoms with Crippen molar-refractivity contribution in [3.05, 3.63) is 58.6 Å². The van der Waals surface area contributed by atoms with Crippen molar-refractivity contribution in [3.63, 3.8) is 0 Å². The first-order chi connectivity index (χ1) is 14.5. The first kappa shape index (κ1) is 21.1. The summed E-state index contributed by atoms with van der Waals surface area (Å²) in [5, 5.41) is 0.928. The van der Waals surface area contributed by atoms with Crippen molar-refractivity contribution >= 4 is 44.2 Å². The average Bonchev–Trinajstić information content (AvgIpc) is 3.17. The number of halogens is 3. The summed E-state index contributed by atoms with van der Waals surface area (Å²) in [5.74, 6) is -2.17. The molecular formula is C21H20ClF2N3O2S. The summed E-state index contributed by atoms with van der Waals surface area (Å²) < 4.78 is 33.8. The molecule has 1 aliphatic rings.